The Kier molecular flexibility index (Phi) is 6.19. The van der Waals surface area contributed by atoms with Gasteiger partial charge in [0.1, 0.15) is 0 Å². The maximum atomic E-state index is 12.9. The average molecular weight is 376 g/mol. The molecule has 1 saturated heterocycles. The van der Waals surface area contributed by atoms with E-state index in [9.17, 15) is 14.4 Å². The molecule has 1 fully saturated rings. The van der Waals surface area contributed by atoms with E-state index in [0.29, 0.717) is 42.5 Å². The van der Waals surface area contributed by atoms with Crippen LogP contribution in [0, 0.1) is 5.92 Å². The molecule has 140 valence electrons. The van der Waals surface area contributed by atoms with Crippen molar-refractivity contribution in [3.05, 3.63) is 23.8 Å². The van der Waals surface area contributed by atoms with Gasteiger partial charge in [-0.05, 0) is 50.3 Å². The molecule has 3 rings (SSSR count). The van der Waals surface area contributed by atoms with Crippen molar-refractivity contribution in [1.29, 1.82) is 0 Å². The predicted molar refractivity (Wildman–Crippen MR) is 100 cm³/mol. The van der Waals surface area contributed by atoms with Gasteiger partial charge in [-0.1, -0.05) is 0 Å². The molecule has 2 aliphatic rings. The van der Waals surface area contributed by atoms with Gasteiger partial charge in [0, 0.05) is 30.0 Å². The maximum Gasteiger partial charge on any atom is 0.305 e. The van der Waals surface area contributed by atoms with Crippen molar-refractivity contribution in [3.63, 3.8) is 0 Å². The number of hydrogen-bond acceptors (Lipinski definition) is 5. The maximum absolute atomic E-state index is 12.9. The second-order valence-corrected chi connectivity index (χ2v) is 7.67. The van der Waals surface area contributed by atoms with Crippen LogP contribution in [0.5, 0.6) is 0 Å². The molecule has 26 heavy (non-hydrogen) atoms. The summed E-state index contributed by atoms with van der Waals surface area (Å²) in [6, 6.07) is 5.49. The van der Waals surface area contributed by atoms with Crippen LogP contribution in [0.1, 0.15) is 43.0 Å². The number of thioether (sulfide) groups is 1. The lowest BCUT2D eigenvalue weighted by molar-refractivity contribution is -0.143. The van der Waals surface area contributed by atoms with Gasteiger partial charge in [0.25, 0.3) is 5.91 Å². The van der Waals surface area contributed by atoms with Gasteiger partial charge in [0.05, 0.1) is 18.0 Å². The molecule has 0 bridgehead atoms. The number of ether oxygens (including phenoxy) is 1. The summed E-state index contributed by atoms with van der Waals surface area (Å²) in [7, 11) is 0. The topological polar surface area (TPSA) is 75.7 Å². The van der Waals surface area contributed by atoms with Crippen LogP contribution < -0.4 is 5.32 Å². The molecule has 0 aliphatic carbocycles. The van der Waals surface area contributed by atoms with Crippen molar-refractivity contribution >= 4 is 35.2 Å². The molecule has 1 aromatic carbocycles. The Morgan fingerprint density at radius 1 is 1.38 bits per heavy atom. The van der Waals surface area contributed by atoms with Gasteiger partial charge in [0.2, 0.25) is 5.91 Å². The first kappa shape index (κ1) is 18.8. The zero-order valence-corrected chi connectivity index (χ0v) is 15.8. The van der Waals surface area contributed by atoms with E-state index in [1.807, 2.05) is 17.0 Å². The van der Waals surface area contributed by atoms with Crippen molar-refractivity contribution in [2.75, 3.05) is 30.8 Å². The fraction of sp³-hybridized carbons (Fsp3) is 0.526. The van der Waals surface area contributed by atoms with Crippen molar-refractivity contribution in [3.8, 4) is 0 Å². The molecule has 7 heteroatoms. The highest BCUT2D eigenvalue weighted by atomic mass is 32.2. The van der Waals surface area contributed by atoms with E-state index < -0.39 is 0 Å². The first-order valence-electron chi connectivity index (χ1n) is 9.08. The summed E-state index contributed by atoms with van der Waals surface area (Å²) in [5.74, 6) is 0.514. The Labute approximate surface area is 157 Å². The third kappa shape index (κ3) is 4.58. The number of esters is 1. The van der Waals surface area contributed by atoms with Crippen LogP contribution in [0.25, 0.3) is 0 Å². The van der Waals surface area contributed by atoms with E-state index >= 15 is 0 Å². The molecule has 0 saturated carbocycles. The smallest absolute Gasteiger partial charge is 0.305 e. The van der Waals surface area contributed by atoms with Crippen LogP contribution in [-0.4, -0.2) is 48.1 Å². The van der Waals surface area contributed by atoms with Crippen LogP contribution in [0.3, 0.4) is 0 Å². The molecule has 2 aliphatic heterocycles. The molecule has 2 heterocycles. The lowest BCUT2D eigenvalue weighted by Gasteiger charge is -2.33. The molecule has 0 aromatic heterocycles. The Bertz CT molecular complexity index is 707. The minimum Gasteiger partial charge on any atom is -0.466 e. The summed E-state index contributed by atoms with van der Waals surface area (Å²) in [6.45, 7) is 3.60. The monoisotopic (exact) mass is 376 g/mol. The SMILES string of the molecule is CCOC(=O)CC[C@H]1CCCN(C(=O)c2ccc3c(c2)NC(=O)CS3)C1. The highest BCUT2D eigenvalue weighted by Crippen LogP contribution is 2.32. The fourth-order valence-corrected chi connectivity index (χ4v) is 4.23. The number of anilines is 1. The van der Waals surface area contributed by atoms with E-state index in [1.54, 1.807) is 13.0 Å². The lowest BCUT2D eigenvalue weighted by Crippen LogP contribution is -2.40. The highest BCUT2D eigenvalue weighted by molar-refractivity contribution is 8.00. The first-order chi connectivity index (χ1) is 12.6. The van der Waals surface area contributed by atoms with Crippen molar-refractivity contribution in [1.82, 2.24) is 4.90 Å². The first-order valence-corrected chi connectivity index (χ1v) is 10.1. The molecular weight excluding hydrogens is 352 g/mol. The number of benzene rings is 1. The minimum absolute atomic E-state index is 0.0153. The van der Waals surface area contributed by atoms with Crippen LogP contribution in [0.2, 0.25) is 0 Å². The van der Waals surface area contributed by atoms with Gasteiger partial charge in [0.15, 0.2) is 0 Å². The number of amides is 2. The van der Waals surface area contributed by atoms with Crippen molar-refractivity contribution in [2.24, 2.45) is 5.92 Å². The van der Waals surface area contributed by atoms with E-state index in [0.717, 1.165) is 30.7 Å². The summed E-state index contributed by atoms with van der Waals surface area (Å²) in [5.41, 5.74) is 1.31. The standard InChI is InChI=1S/C19H24N2O4S/c1-2-25-18(23)8-5-13-4-3-9-21(11-13)19(24)14-6-7-16-15(10-14)20-17(22)12-26-16/h6-7,10,13H,2-5,8-9,11-12H2,1H3,(H,20,22)/t13-/m1/s1. The summed E-state index contributed by atoms with van der Waals surface area (Å²) in [4.78, 5) is 38.8. The molecule has 0 spiro atoms. The van der Waals surface area contributed by atoms with Crippen LogP contribution >= 0.6 is 11.8 Å². The summed E-state index contributed by atoms with van der Waals surface area (Å²) >= 11 is 1.49. The van der Waals surface area contributed by atoms with Crippen molar-refractivity contribution in [2.45, 2.75) is 37.5 Å². The van der Waals surface area contributed by atoms with Gasteiger partial charge >= 0.3 is 5.97 Å². The Hall–Kier alpha value is -2.02. The van der Waals surface area contributed by atoms with Gasteiger partial charge in [-0.15, -0.1) is 11.8 Å². The fourth-order valence-electron chi connectivity index (χ4n) is 3.44. The molecule has 0 unspecified atom stereocenters. The van der Waals surface area contributed by atoms with Gasteiger partial charge < -0.3 is 15.0 Å². The number of fused-ring (bicyclic) bond motifs is 1. The molecule has 1 aromatic rings. The highest BCUT2D eigenvalue weighted by Gasteiger charge is 2.26. The predicted octanol–water partition coefficient (Wildman–Crippen LogP) is 2.93. The lowest BCUT2D eigenvalue weighted by atomic mass is 9.93. The third-order valence-corrected chi connectivity index (χ3v) is 5.80. The molecule has 6 nitrogen and oxygen atoms in total. The van der Waals surface area contributed by atoms with E-state index in [-0.39, 0.29) is 17.8 Å². The number of piperidine rings is 1. The summed E-state index contributed by atoms with van der Waals surface area (Å²) in [5, 5.41) is 2.83. The zero-order valence-electron chi connectivity index (χ0n) is 15.0. The Morgan fingerprint density at radius 3 is 3.04 bits per heavy atom. The van der Waals surface area contributed by atoms with Gasteiger partial charge in [-0.3, -0.25) is 14.4 Å². The molecule has 1 atom stereocenters. The second-order valence-electron chi connectivity index (χ2n) is 6.65. The molecular formula is C19H24N2O4S. The largest absolute Gasteiger partial charge is 0.466 e. The quantitative estimate of drug-likeness (QED) is 0.800. The number of carbonyl (C=O) groups excluding carboxylic acids is 3. The number of carbonyl (C=O) groups is 3. The van der Waals surface area contributed by atoms with Crippen LogP contribution in [-0.2, 0) is 14.3 Å². The Balaban J connectivity index is 1.61. The molecule has 1 N–H and O–H groups in total. The number of rotatable bonds is 5. The van der Waals surface area contributed by atoms with E-state index in [4.69, 9.17) is 4.74 Å². The van der Waals surface area contributed by atoms with Gasteiger partial charge in [-0.2, -0.15) is 0 Å². The number of nitrogens with zero attached hydrogens (tertiary/aromatic N) is 1. The van der Waals surface area contributed by atoms with Crippen LogP contribution in [0.4, 0.5) is 5.69 Å². The second kappa shape index (κ2) is 8.58. The molecule has 2 amide bonds. The molecule has 0 radical (unpaired) electrons. The summed E-state index contributed by atoms with van der Waals surface area (Å²) in [6.07, 6.45) is 3.12. The van der Waals surface area contributed by atoms with Crippen LogP contribution in [0.15, 0.2) is 23.1 Å². The number of likely N-dealkylation sites (tertiary alicyclic amines) is 1. The van der Waals surface area contributed by atoms with E-state index in [1.165, 1.54) is 11.8 Å². The third-order valence-electron chi connectivity index (χ3n) is 4.73. The van der Waals surface area contributed by atoms with Crippen molar-refractivity contribution < 1.29 is 19.1 Å². The zero-order chi connectivity index (χ0) is 18.5. The Morgan fingerprint density at radius 2 is 2.23 bits per heavy atom. The number of hydrogen-bond donors (Lipinski definition) is 1. The normalized spacial score (nSPS) is 19.5. The van der Waals surface area contributed by atoms with Gasteiger partial charge in [-0.25, -0.2) is 0 Å². The van der Waals surface area contributed by atoms with E-state index in [2.05, 4.69) is 5.32 Å². The average Bonchev–Trinajstić information content (AvgIpc) is 2.65. The number of nitrogens with one attached hydrogen (secondary N) is 1. The minimum atomic E-state index is -0.168. The summed E-state index contributed by atoms with van der Waals surface area (Å²) < 4.78 is 4.98.